The van der Waals surface area contributed by atoms with Crippen LogP contribution < -0.4 is 0 Å². The lowest BCUT2D eigenvalue weighted by Gasteiger charge is -2.44. The average molecular weight is 599 g/mol. The van der Waals surface area contributed by atoms with Gasteiger partial charge < -0.3 is 0 Å². The zero-order valence-corrected chi connectivity index (χ0v) is 25.3. The van der Waals surface area contributed by atoms with E-state index in [9.17, 15) is 16.8 Å². The van der Waals surface area contributed by atoms with Crippen LogP contribution in [0, 0.1) is 17.3 Å². The molecule has 10 heteroatoms. The summed E-state index contributed by atoms with van der Waals surface area (Å²) >= 11 is 0. The molecule has 220 valence electrons. The molecule has 0 unspecified atom stereocenters. The largest absolute Gasteiger partial charge is 0.358 e. The minimum Gasteiger partial charge on any atom is -0.265 e. The smallest absolute Gasteiger partial charge is 0.265 e. The van der Waals surface area contributed by atoms with E-state index in [0.29, 0.717) is 37.5 Å². The maximum Gasteiger partial charge on any atom is 0.358 e. The van der Waals surface area contributed by atoms with Crippen molar-refractivity contribution in [1.29, 1.82) is 0 Å². The first kappa shape index (κ1) is 30.7. The highest BCUT2D eigenvalue weighted by molar-refractivity contribution is 7.87. The monoisotopic (exact) mass is 598 g/mol. The molecular weight excluding hydrogens is 560 g/mol. The van der Waals surface area contributed by atoms with Crippen molar-refractivity contribution in [1.82, 2.24) is 0 Å². The summed E-state index contributed by atoms with van der Waals surface area (Å²) < 4.78 is 60.1. The molecule has 0 spiro atoms. The van der Waals surface area contributed by atoms with E-state index in [1.807, 2.05) is 0 Å². The van der Waals surface area contributed by atoms with Crippen LogP contribution >= 0.6 is 0 Å². The van der Waals surface area contributed by atoms with Crippen LogP contribution in [-0.4, -0.2) is 28.3 Å². The molecule has 0 saturated heterocycles. The number of nitrogens with zero attached hydrogens (tertiary/aromatic N) is 2. The van der Waals surface area contributed by atoms with Gasteiger partial charge in [0.25, 0.3) is 0 Å². The van der Waals surface area contributed by atoms with Gasteiger partial charge in [0.05, 0.1) is 11.4 Å². The summed E-state index contributed by atoms with van der Waals surface area (Å²) in [5.41, 5.74) is 3.24. The van der Waals surface area contributed by atoms with Gasteiger partial charge in [0, 0.05) is 0 Å². The zero-order chi connectivity index (χ0) is 29.7. The van der Waals surface area contributed by atoms with Crippen molar-refractivity contribution >= 4 is 43.8 Å². The van der Waals surface area contributed by atoms with E-state index in [0.717, 1.165) is 48.2 Å². The van der Waals surface area contributed by atoms with Crippen molar-refractivity contribution in [2.24, 2.45) is 27.6 Å². The Morgan fingerprint density at radius 2 is 0.976 bits per heavy atom. The van der Waals surface area contributed by atoms with Gasteiger partial charge >= 0.3 is 20.2 Å². The van der Waals surface area contributed by atoms with Crippen LogP contribution in [0.1, 0.15) is 76.3 Å². The second kappa shape index (κ2) is 12.7. The van der Waals surface area contributed by atoms with Crippen molar-refractivity contribution in [3.63, 3.8) is 0 Å². The van der Waals surface area contributed by atoms with Crippen LogP contribution in [0.25, 0.3) is 12.2 Å². The topological polar surface area (TPSA) is 111 Å². The van der Waals surface area contributed by atoms with E-state index < -0.39 is 20.2 Å². The van der Waals surface area contributed by atoms with Crippen LogP contribution in [-0.2, 0) is 28.8 Å². The molecule has 2 aromatic carbocycles. The summed E-state index contributed by atoms with van der Waals surface area (Å²) in [5.74, 6) is 0.923. The maximum atomic E-state index is 12.5. The fourth-order valence-electron chi connectivity index (χ4n) is 5.74. The predicted molar refractivity (Wildman–Crippen MR) is 162 cm³/mol. The average Bonchev–Trinajstić information content (AvgIpc) is 2.99. The molecule has 41 heavy (non-hydrogen) atoms. The number of hydrogen-bond donors (Lipinski definition) is 0. The van der Waals surface area contributed by atoms with Crippen molar-refractivity contribution in [3.05, 3.63) is 72.8 Å². The van der Waals surface area contributed by atoms with Crippen LogP contribution in [0.3, 0.4) is 0 Å². The molecule has 2 aromatic rings. The third-order valence-electron chi connectivity index (χ3n) is 8.57. The molecule has 0 aromatic heterocycles. The van der Waals surface area contributed by atoms with Crippen molar-refractivity contribution < 1.29 is 25.4 Å². The SMILES string of the molecule is C=Cc1ccc(S(=O)(=O)ON=C2CCC(C(C)(C)C3CCC(=NOS(=O)(=O)c4ccc(C=C)cc4)CC3)CC2)cc1. The Bertz CT molecular complexity index is 1390. The molecule has 2 saturated carbocycles. The Morgan fingerprint density at radius 3 is 1.27 bits per heavy atom. The molecular formula is C31H38N2O6S2. The minimum atomic E-state index is -3.97. The van der Waals surface area contributed by atoms with Gasteiger partial charge in [0.2, 0.25) is 0 Å². The lowest BCUT2D eigenvalue weighted by molar-refractivity contribution is 0.0816. The Labute approximate surface area is 244 Å². The highest BCUT2D eigenvalue weighted by atomic mass is 32.2. The third-order valence-corrected chi connectivity index (χ3v) is 10.8. The van der Waals surface area contributed by atoms with Crippen molar-refractivity contribution in [3.8, 4) is 0 Å². The van der Waals surface area contributed by atoms with Gasteiger partial charge in [0.15, 0.2) is 0 Å². The summed E-state index contributed by atoms with van der Waals surface area (Å²) in [7, 11) is -7.93. The fraction of sp³-hybridized carbons (Fsp3) is 0.419. The van der Waals surface area contributed by atoms with Crippen LogP contribution in [0.5, 0.6) is 0 Å². The van der Waals surface area contributed by atoms with Crippen LogP contribution in [0.2, 0.25) is 0 Å². The molecule has 0 bridgehead atoms. The molecule has 0 amide bonds. The van der Waals surface area contributed by atoms with Gasteiger partial charge in [-0.05, 0) is 104 Å². The summed E-state index contributed by atoms with van der Waals surface area (Å²) in [5, 5.41) is 8.02. The third kappa shape index (κ3) is 7.54. The van der Waals surface area contributed by atoms with Gasteiger partial charge in [-0.25, -0.2) is 0 Å². The normalized spacial score (nSPS) is 20.1. The van der Waals surface area contributed by atoms with E-state index >= 15 is 0 Å². The van der Waals surface area contributed by atoms with E-state index in [-0.39, 0.29) is 15.2 Å². The number of rotatable bonds is 10. The van der Waals surface area contributed by atoms with E-state index in [4.69, 9.17) is 8.57 Å². The molecule has 0 atom stereocenters. The number of oxime groups is 2. The quantitative estimate of drug-likeness (QED) is 0.267. The van der Waals surface area contributed by atoms with Crippen LogP contribution in [0.4, 0.5) is 0 Å². The lowest BCUT2D eigenvalue weighted by Crippen LogP contribution is -2.37. The minimum absolute atomic E-state index is 0.0626. The highest BCUT2D eigenvalue weighted by Gasteiger charge is 2.40. The van der Waals surface area contributed by atoms with Gasteiger partial charge in [-0.3, -0.25) is 8.57 Å². The Balaban J connectivity index is 1.28. The number of benzene rings is 2. The second-order valence-corrected chi connectivity index (χ2v) is 14.3. The van der Waals surface area contributed by atoms with Crippen molar-refractivity contribution in [2.45, 2.75) is 75.0 Å². The second-order valence-electron chi connectivity index (χ2n) is 11.3. The molecule has 0 aliphatic heterocycles. The molecule has 0 radical (unpaired) electrons. The summed E-state index contributed by atoms with van der Waals surface area (Å²) in [6.07, 6.45) is 9.69. The zero-order valence-electron chi connectivity index (χ0n) is 23.7. The van der Waals surface area contributed by atoms with Crippen molar-refractivity contribution in [2.75, 3.05) is 0 Å². The highest BCUT2D eigenvalue weighted by Crippen LogP contribution is 2.47. The summed E-state index contributed by atoms with van der Waals surface area (Å²) in [6, 6.07) is 12.6. The first-order chi connectivity index (χ1) is 19.4. The first-order valence-electron chi connectivity index (χ1n) is 13.9. The standard InChI is InChI=1S/C31H38N2O6S2/c1-5-23-7-19-29(20-8-23)40(34,35)38-32-27-15-11-25(12-16-27)31(3,4)26-13-17-28(18-14-26)33-39-41(36,37)30-21-9-24(6-2)10-22-30/h5-10,19-22,25-26H,1-2,11-18H2,3-4H3. The Kier molecular flexibility index (Phi) is 9.54. The summed E-state index contributed by atoms with van der Waals surface area (Å²) in [6.45, 7) is 11.9. The maximum absolute atomic E-state index is 12.5. The molecule has 0 heterocycles. The Morgan fingerprint density at radius 1 is 0.659 bits per heavy atom. The molecule has 2 aliphatic rings. The molecule has 0 N–H and O–H groups in total. The summed E-state index contributed by atoms with van der Waals surface area (Å²) in [4.78, 5) is 0.125. The Hall–Kier alpha value is -3.24. The molecule has 4 rings (SSSR count). The first-order valence-corrected chi connectivity index (χ1v) is 16.7. The number of hydrogen-bond acceptors (Lipinski definition) is 8. The molecule has 2 aliphatic carbocycles. The van der Waals surface area contributed by atoms with E-state index in [1.165, 1.54) is 24.3 Å². The van der Waals surface area contributed by atoms with Gasteiger partial charge in [-0.1, -0.05) is 73.7 Å². The lowest BCUT2D eigenvalue weighted by atomic mass is 9.60. The molecule has 2 fully saturated rings. The van der Waals surface area contributed by atoms with Gasteiger partial charge in [0.1, 0.15) is 9.79 Å². The molecule has 8 nitrogen and oxygen atoms in total. The fourth-order valence-corrected chi connectivity index (χ4v) is 7.25. The predicted octanol–water partition coefficient (Wildman–Crippen LogP) is 7.20. The van der Waals surface area contributed by atoms with E-state index in [1.54, 1.807) is 36.4 Å². The van der Waals surface area contributed by atoms with Gasteiger partial charge in [-0.2, -0.15) is 16.8 Å². The van der Waals surface area contributed by atoms with Gasteiger partial charge in [-0.15, -0.1) is 0 Å². The van der Waals surface area contributed by atoms with Crippen LogP contribution in [0.15, 0.2) is 81.8 Å². The van der Waals surface area contributed by atoms with E-state index in [2.05, 4.69) is 37.3 Å².